The molecule has 2 atom stereocenters. The SMILES string of the molecule is Fc1ccccc1[C@H]1CCNc2ccccc2[C@H](C(F)(F)F)OC1. The van der Waals surface area contributed by atoms with Crippen molar-refractivity contribution in [3.63, 3.8) is 0 Å². The lowest BCUT2D eigenvalue weighted by Crippen LogP contribution is -2.25. The van der Waals surface area contributed by atoms with Gasteiger partial charge in [0.05, 0.1) is 6.61 Å². The molecule has 0 bridgehead atoms. The van der Waals surface area contributed by atoms with E-state index in [2.05, 4.69) is 5.32 Å². The summed E-state index contributed by atoms with van der Waals surface area (Å²) in [5.41, 5.74) is 0.833. The molecule has 0 fully saturated rings. The van der Waals surface area contributed by atoms with E-state index in [0.717, 1.165) is 0 Å². The second-order valence-electron chi connectivity index (χ2n) is 5.78. The second-order valence-corrected chi connectivity index (χ2v) is 5.78. The van der Waals surface area contributed by atoms with Crippen molar-refractivity contribution >= 4 is 5.69 Å². The quantitative estimate of drug-likeness (QED) is 0.735. The van der Waals surface area contributed by atoms with E-state index in [1.54, 1.807) is 36.4 Å². The molecular formula is C18H17F4NO. The minimum absolute atomic E-state index is 0.0548. The normalized spacial score (nSPS) is 21.8. The van der Waals surface area contributed by atoms with Gasteiger partial charge in [-0.2, -0.15) is 13.2 Å². The number of nitrogens with one attached hydrogen (secondary N) is 1. The third-order valence-electron chi connectivity index (χ3n) is 4.16. The van der Waals surface area contributed by atoms with Gasteiger partial charge in [-0.1, -0.05) is 36.4 Å². The molecule has 1 heterocycles. The first-order valence-electron chi connectivity index (χ1n) is 7.72. The van der Waals surface area contributed by atoms with Gasteiger partial charge in [0.1, 0.15) is 5.82 Å². The van der Waals surface area contributed by atoms with Gasteiger partial charge in [-0.3, -0.25) is 0 Å². The highest BCUT2D eigenvalue weighted by Crippen LogP contribution is 2.41. The number of hydrogen-bond acceptors (Lipinski definition) is 2. The molecule has 1 aliphatic heterocycles. The van der Waals surface area contributed by atoms with Crippen LogP contribution in [0.3, 0.4) is 0 Å². The molecule has 0 aromatic heterocycles. The van der Waals surface area contributed by atoms with Crippen molar-refractivity contribution in [3.8, 4) is 0 Å². The molecule has 24 heavy (non-hydrogen) atoms. The van der Waals surface area contributed by atoms with Gasteiger partial charge in [0.25, 0.3) is 0 Å². The van der Waals surface area contributed by atoms with Crippen molar-refractivity contribution in [3.05, 3.63) is 65.5 Å². The Morgan fingerprint density at radius 1 is 0.958 bits per heavy atom. The maximum Gasteiger partial charge on any atom is 0.418 e. The number of hydrogen-bond donors (Lipinski definition) is 1. The second kappa shape index (κ2) is 6.81. The maximum atomic E-state index is 14.0. The fourth-order valence-corrected chi connectivity index (χ4v) is 2.98. The van der Waals surface area contributed by atoms with Gasteiger partial charge in [-0.05, 0) is 24.1 Å². The van der Waals surface area contributed by atoms with Crippen LogP contribution in [0.25, 0.3) is 0 Å². The number of fused-ring (bicyclic) bond motifs is 1. The Balaban J connectivity index is 1.93. The molecule has 0 spiro atoms. The molecule has 2 aromatic carbocycles. The van der Waals surface area contributed by atoms with E-state index < -0.39 is 24.0 Å². The predicted octanol–water partition coefficient (Wildman–Crippen LogP) is 5.05. The number of para-hydroxylation sites is 1. The molecule has 0 radical (unpaired) electrons. The van der Waals surface area contributed by atoms with Crippen LogP contribution in [-0.4, -0.2) is 19.3 Å². The summed E-state index contributed by atoms with van der Waals surface area (Å²) in [4.78, 5) is 0. The van der Waals surface area contributed by atoms with Crippen LogP contribution in [0.1, 0.15) is 29.6 Å². The standard InChI is InChI=1S/C18H17F4NO/c19-15-7-3-1-5-13(15)12-9-10-23-16-8-4-2-6-14(16)17(24-11-12)18(20,21)22/h1-8,12,17,23H,9-11H2/t12-,17+/m0/s1. The smallest absolute Gasteiger partial charge is 0.385 e. The third-order valence-corrected chi connectivity index (χ3v) is 4.16. The first-order valence-corrected chi connectivity index (χ1v) is 7.72. The fraction of sp³-hybridized carbons (Fsp3) is 0.333. The average molecular weight is 339 g/mol. The topological polar surface area (TPSA) is 21.3 Å². The molecule has 0 amide bonds. The molecule has 0 unspecified atom stereocenters. The van der Waals surface area contributed by atoms with Crippen LogP contribution in [0.4, 0.5) is 23.2 Å². The van der Waals surface area contributed by atoms with Crippen molar-refractivity contribution in [2.24, 2.45) is 0 Å². The Labute approximate surface area is 137 Å². The third kappa shape index (κ3) is 3.53. The Morgan fingerprint density at radius 3 is 2.33 bits per heavy atom. The van der Waals surface area contributed by atoms with Gasteiger partial charge in [0, 0.05) is 23.7 Å². The number of rotatable bonds is 1. The zero-order valence-electron chi connectivity index (χ0n) is 12.8. The lowest BCUT2D eigenvalue weighted by Gasteiger charge is -2.24. The first kappa shape index (κ1) is 16.8. The highest BCUT2D eigenvalue weighted by atomic mass is 19.4. The highest BCUT2D eigenvalue weighted by Gasteiger charge is 2.43. The lowest BCUT2D eigenvalue weighted by molar-refractivity contribution is -0.224. The lowest BCUT2D eigenvalue weighted by atomic mass is 9.96. The summed E-state index contributed by atoms with van der Waals surface area (Å²) >= 11 is 0. The summed E-state index contributed by atoms with van der Waals surface area (Å²) in [6.45, 7) is 0.241. The minimum atomic E-state index is -4.54. The van der Waals surface area contributed by atoms with Gasteiger partial charge < -0.3 is 10.1 Å². The van der Waals surface area contributed by atoms with Crippen molar-refractivity contribution in [2.45, 2.75) is 24.6 Å². The van der Waals surface area contributed by atoms with Crippen LogP contribution < -0.4 is 5.32 Å². The van der Waals surface area contributed by atoms with Crippen LogP contribution in [0.2, 0.25) is 0 Å². The van der Waals surface area contributed by atoms with E-state index in [9.17, 15) is 17.6 Å². The van der Waals surface area contributed by atoms with E-state index in [1.807, 2.05) is 0 Å². The van der Waals surface area contributed by atoms with Gasteiger partial charge in [-0.25, -0.2) is 4.39 Å². The number of halogens is 4. The molecule has 1 aliphatic rings. The predicted molar refractivity (Wildman–Crippen MR) is 83.4 cm³/mol. The fourth-order valence-electron chi connectivity index (χ4n) is 2.98. The average Bonchev–Trinajstić information content (AvgIpc) is 2.63. The molecule has 128 valence electrons. The minimum Gasteiger partial charge on any atom is -0.385 e. The molecule has 2 aromatic rings. The largest absolute Gasteiger partial charge is 0.418 e. The molecule has 0 aliphatic carbocycles. The number of anilines is 1. The summed E-state index contributed by atoms with van der Waals surface area (Å²) in [5, 5.41) is 3.02. The zero-order chi connectivity index (χ0) is 17.2. The van der Waals surface area contributed by atoms with Crippen LogP contribution in [0.15, 0.2) is 48.5 Å². The van der Waals surface area contributed by atoms with Crippen molar-refractivity contribution in [2.75, 3.05) is 18.5 Å². The summed E-state index contributed by atoms with van der Waals surface area (Å²) in [7, 11) is 0. The molecule has 0 saturated carbocycles. The summed E-state index contributed by atoms with van der Waals surface area (Å²) in [5.74, 6) is -0.871. The molecule has 0 saturated heterocycles. The monoisotopic (exact) mass is 339 g/mol. The van der Waals surface area contributed by atoms with Gasteiger partial charge in [-0.15, -0.1) is 0 Å². The van der Waals surface area contributed by atoms with E-state index in [4.69, 9.17) is 4.74 Å². The van der Waals surface area contributed by atoms with Crippen LogP contribution in [0, 0.1) is 5.82 Å². The van der Waals surface area contributed by atoms with Gasteiger partial charge in [0.15, 0.2) is 6.10 Å². The number of ether oxygens (including phenoxy) is 1. The molecule has 6 heteroatoms. The summed E-state index contributed by atoms with van der Waals surface area (Å²) in [6.07, 6.45) is -6.10. The van der Waals surface area contributed by atoms with Gasteiger partial charge in [0.2, 0.25) is 0 Å². The highest BCUT2D eigenvalue weighted by molar-refractivity contribution is 5.52. The van der Waals surface area contributed by atoms with Crippen LogP contribution in [0.5, 0.6) is 0 Å². The Bertz CT molecular complexity index is 701. The Morgan fingerprint density at radius 2 is 1.62 bits per heavy atom. The van der Waals surface area contributed by atoms with Crippen LogP contribution in [-0.2, 0) is 4.74 Å². The Hall–Kier alpha value is -2.08. The Kier molecular flexibility index (Phi) is 4.76. The molecule has 2 nitrogen and oxygen atoms in total. The van der Waals surface area contributed by atoms with Crippen molar-refractivity contribution < 1.29 is 22.3 Å². The van der Waals surface area contributed by atoms with Crippen molar-refractivity contribution in [1.82, 2.24) is 0 Å². The van der Waals surface area contributed by atoms with E-state index >= 15 is 0 Å². The maximum absolute atomic E-state index is 14.0. The summed E-state index contributed by atoms with van der Waals surface area (Å²) < 4.78 is 59.6. The first-order chi connectivity index (χ1) is 11.5. The van der Waals surface area contributed by atoms with Gasteiger partial charge >= 0.3 is 6.18 Å². The van der Waals surface area contributed by atoms with Crippen LogP contribution >= 0.6 is 0 Å². The zero-order valence-corrected chi connectivity index (χ0v) is 12.8. The van der Waals surface area contributed by atoms with E-state index in [-0.39, 0.29) is 12.2 Å². The van der Waals surface area contributed by atoms with E-state index in [0.29, 0.717) is 24.2 Å². The number of benzene rings is 2. The number of alkyl halides is 3. The molecular weight excluding hydrogens is 322 g/mol. The van der Waals surface area contributed by atoms with Crippen molar-refractivity contribution in [1.29, 1.82) is 0 Å². The molecule has 1 N–H and O–H groups in total. The molecule has 3 rings (SSSR count). The summed E-state index contributed by atoms with van der Waals surface area (Å²) in [6, 6.07) is 12.4. The van der Waals surface area contributed by atoms with E-state index in [1.165, 1.54) is 12.1 Å².